The minimum atomic E-state index is -0.159. The van der Waals surface area contributed by atoms with Crippen LogP contribution in [0.15, 0.2) is 28.5 Å². The van der Waals surface area contributed by atoms with Crippen molar-refractivity contribution in [1.29, 1.82) is 0 Å². The Labute approximate surface area is 67.3 Å². The molecule has 0 aromatic heterocycles. The van der Waals surface area contributed by atoms with E-state index >= 15 is 0 Å². The molecule has 0 aromatic carbocycles. The van der Waals surface area contributed by atoms with Crippen LogP contribution in [-0.2, 0) is 0 Å². The SMILES string of the molecule is CC=NCC(/C=C\C)=C(/C)F. The predicted molar refractivity (Wildman–Crippen MR) is 47.7 cm³/mol. The highest BCUT2D eigenvalue weighted by atomic mass is 19.1. The molecule has 0 radical (unpaired) electrons. The molecule has 2 heteroatoms. The van der Waals surface area contributed by atoms with E-state index in [4.69, 9.17) is 0 Å². The summed E-state index contributed by atoms with van der Waals surface area (Å²) in [6.45, 7) is 5.56. The maximum absolute atomic E-state index is 12.6. The smallest absolute Gasteiger partial charge is 0.102 e. The summed E-state index contributed by atoms with van der Waals surface area (Å²) < 4.78 is 12.6. The summed E-state index contributed by atoms with van der Waals surface area (Å²) in [6.07, 6.45) is 5.22. The molecule has 0 heterocycles. The van der Waals surface area contributed by atoms with E-state index in [0.29, 0.717) is 12.1 Å². The number of aliphatic imine (C=N–C) groups is 1. The summed E-state index contributed by atoms with van der Waals surface area (Å²) in [5.74, 6) is -0.159. The van der Waals surface area contributed by atoms with Crippen LogP contribution in [0.1, 0.15) is 20.8 Å². The monoisotopic (exact) mass is 155 g/mol. The van der Waals surface area contributed by atoms with Gasteiger partial charge in [-0.2, -0.15) is 0 Å². The van der Waals surface area contributed by atoms with E-state index in [2.05, 4.69) is 4.99 Å². The van der Waals surface area contributed by atoms with Crippen LogP contribution in [0.2, 0.25) is 0 Å². The summed E-state index contributed by atoms with van der Waals surface area (Å²) in [5.41, 5.74) is 0.644. The van der Waals surface area contributed by atoms with Gasteiger partial charge < -0.3 is 0 Å². The van der Waals surface area contributed by atoms with E-state index in [-0.39, 0.29) is 5.83 Å². The lowest BCUT2D eigenvalue weighted by Crippen LogP contribution is -1.86. The summed E-state index contributed by atoms with van der Waals surface area (Å²) in [6, 6.07) is 0. The Morgan fingerprint density at radius 2 is 2.09 bits per heavy atom. The van der Waals surface area contributed by atoms with Crippen molar-refractivity contribution in [3.05, 3.63) is 23.6 Å². The van der Waals surface area contributed by atoms with E-state index in [1.165, 1.54) is 6.92 Å². The van der Waals surface area contributed by atoms with Crippen molar-refractivity contribution < 1.29 is 4.39 Å². The molecule has 0 bridgehead atoms. The molecule has 0 N–H and O–H groups in total. The second kappa shape index (κ2) is 5.83. The molecule has 0 fully saturated rings. The van der Waals surface area contributed by atoms with Gasteiger partial charge in [-0.25, -0.2) is 4.39 Å². The molecule has 0 amide bonds. The van der Waals surface area contributed by atoms with Crippen LogP contribution in [0.4, 0.5) is 4.39 Å². The van der Waals surface area contributed by atoms with Gasteiger partial charge in [-0.05, 0) is 27.0 Å². The van der Waals surface area contributed by atoms with E-state index < -0.39 is 0 Å². The average Bonchev–Trinajstić information content (AvgIpc) is 1.97. The number of hydrogen-bond acceptors (Lipinski definition) is 1. The van der Waals surface area contributed by atoms with Gasteiger partial charge in [0.25, 0.3) is 0 Å². The Bertz CT molecular complexity index is 186. The number of hydrogen-bond donors (Lipinski definition) is 0. The van der Waals surface area contributed by atoms with Crippen LogP contribution < -0.4 is 0 Å². The van der Waals surface area contributed by atoms with Gasteiger partial charge in [-0.15, -0.1) is 0 Å². The highest BCUT2D eigenvalue weighted by Crippen LogP contribution is 2.07. The fourth-order valence-electron chi connectivity index (χ4n) is 0.667. The summed E-state index contributed by atoms with van der Waals surface area (Å²) in [5, 5.41) is 0. The first kappa shape index (κ1) is 10.1. The molecule has 0 aromatic rings. The zero-order valence-corrected chi connectivity index (χ0v) is 7.26. The molecule has 0 unspecified atom stereocenters. The molecular formula is C9H14FN. The third-order valence-electron chi connectivity index (χ3n) is 1.25. The van der Waals surface area contributed by atoms with Crippen LogP contribution in [0.3, 0.4) is 0 Å². The van der Waals surface area contributed by atoms with Crippen molar-refractivity contribution in [2.45, 2.75) is 20.8 Å². The van der Waals surface area contributed by atoms with Gasteiger partial charge in [0.05, 0.1) is 6.54 Å². The lowest BCUT2D eigenvalue weighted by molar-refractivity contribution is 0.628. The Morgan fingerprint density at radius 3 is 2.45 bits per heavy atom. The number of halogens is 1. The summed E-state index contributed by atoms with van der Waals surface area (Å²) >= 11 is 0. The normalized spacial score (nSPS) is 14.5. The van der Waals surface area contributed by atoms with Crippen molar-refractivity contribution in [1.82, 2.24) is 0 Å². The van der Waals surface area contributed by atoms with Gasteiger partial charge in [0.1, 0.15) is 5.83 Å². The molecular weight excluding hydrogens is 141 g/mol. The van der Waals surface area contributed by atoms with Gasteiger partial charge in [0.15, 0.2) is 0 Å². The Balaban J connectivity index is 4.25. The van der Waals surface area contributed by atoms with Crippen molar-refractivity contribution in [2.24, 2.45) is 4.99 Å². The number of nitrogens with zero attached hydrogens (tertiary/aromatic N) is 1. The fourth-order valence-corrected chi connectivity index (χ4v) is 0.667. The highest BCUT2D eigenvalue weighted by molar-refractivity contribution is 5.53. The Hall–Kier alpha value is -0.920. The third kappa shape index (κ3) is 4.48. The average molecular weight is 155 g/mol. The van der Waals surface area contributed by atoms with Crippen molar-refractivity contribution in [3.8, 4) is 0 Å². The van der Waals surface area contributed by atoms with Gasteiger partial charge in [-0.1, -0.05) is 12.2 Å². The minimum absolute atomic E-state index is 0.159. The minimum Gasteiger partial charge on any atom is -0.293 e. The largest absolute Gasteiger partial charge is 0.293 e. The molecule has 0 aliphatic rings. The van der Waals surface area contributed by atoms with E-state index in [1.54, 1.807) is 12.3 Å². The molecule has 62 valence electrons. The van der Waals surface area contributed by atoms with Crippen molar-refractivity contribution >= 4 is 6.21 Å². The molecule has 0 atom stereocenters. The van der Waals surface area contributed by atoms with Crippen molar-refractivity contribution in [3.63, 3.8) is 0 Å². The van der Waals surface area contributed by atoms with Crippen LogP contribution in [0.25, 0.3) is 0 Å². The zero-order valence-electron chi connectivity index (χ0n) is 7.26. The maximum Gasteiger partial charge on any atom is 0.102 e. The second-order valence-electron chi connectivity index (χ2n) is 2.16. The lowest BCUT2D eigenvalue weighted by atomic mass is 10.2. The maximum atomic E-state index is 12.6. The Kier molecular flexibility index (Phi) is 5.35. The third-order valence-corrected chi connectivity index (χ3v) is 1.25. The quantitative estimate of drug-likeness (QED) is 0.439. The molecule has 0 aliphatic carbocycles. The highest BCUT2D eigenvalue weighted by Gasteiger charge is 1.94. The topological polar surface area (TPSA) is 12.4 Å². The van der Waals surface area contributed by atoms with Crippen LogP contribution in [-0.4, -0.2) is 12.8 Å². The van der Waals surface area contributed by atoms with Crippen LogP contribution >= 0.6 is 0 Å². The first-order valence-corrected chi connectivity index (χ1v) is 3.64. The zero-order chi connectivity index (χ0) is 8.69. The van der Waals surface area contributed by atoms with E-state index in [1.807, 2.05) is 19.9 Å². The molecule has 0 aliphatic heterocycles. The van der Waals surface area contributed by atoms with E-state index in [0.717, 1.165) is 0 Å². The number of rotatable bonds is 3. The standard InChI is InChI=1S/C9H14FN/c1-4-6-9(8(3)10)7-11-5-2/h4-6H,7H2,1-3H3/b6-4-,9-8-,11-5?. The lowest BCUT2D eigenvalue weighted by Gasteiger charge is -1.96. The fraction of sp³-hybridized carbons (Fsp3) is 0.444. The first-order valence-electron chi connectivity index (χ1n) is 3.64. The molecule has 11 heavy (non-hydrogen) atoms. The molecule has 0 rings (SSSR count). The molecule has 1 nitrogen and oxygen atoms in total. The van der Waals surface area contributed by atoms with Crippen LogP contribution in [0.5, 0.6) is 0 Å². The molecule has 0 spiro atoms. The van der Waals surface area contributed by atoms with Gasteiger partial charge in [0.2, 0.25) is 0 Å². The van der Waals surface area contributed by atoms with Crippen molar-refractivity contribution in [2.75, 3.05) is 6.54 Å². The van der Waals surface area contributed by atoms with Gasteiger partial charge in [-0.3, -0.25) is 4.99 Å². The van der Waals surface area contributed by atoms with Gasteiger partial charge in [0, 0.05) is 5.57 Å². The predicted octanol–water partition coefficient (Wildman–Crippen LogP) is 2.90. The van der Waals surface area contributed by atoms with Gasteiger partial charge >= 0.3 is 0 Å². The summed E-state index contributed by atoms with van der Waals surface area (Å²) in [7, 11) is 0. The molecule has 0 saturated heterocycles. The second-order valence-corrected chi connectivity index (χ2v) is 2.16. The number of allylic oxidation sites excluding steroid dienone is 2. The first-order chi connectivity index (χ1) is 5.22. The summed E-state index contributed by atoms with van der Waals surface area (Å²) in [4.78, 5) is 3.94. The Morgan fingerprint density at radius 1 is 1.45 bits per heavy atom. The van der Waals surface area contributed by atoms with E-state index in [9.17, 15) is 4.39 Å². The molecule has 0 saturated carbocycles. The van der Waals surface area contributed by atoms with Crippen LogP contribution in [0, 0.1) is 0 Å².